The van der Waals surface area contributed by atoms with Gasteiger partial charge in [-0.1, -0.05) is 145 Å². The molecule has 0 unspecified atom stereocenters. The maximum Gasteiger partial charge on any atom is 1.00 e. The van der Waals surface area contributed by atoms with Crippen LogP contribution < -0.4 is 24.6 Å². The van der Waals surface area contributed by atoms with Crippen LogP contribution in [0.5, 0.6) is 0 Å². The summed E-state index contributed by atoms with van der Waals surface area (Å²) < 4.78 is 147. The summed E-state index contributed by atoms with van der Waals surface area (Å²) in [5.74, 6) is -4.58. The number of aryl methyl sites for hydroxylation is 1. The number of thioether (sulfide) groups is 3. The van der Waals surface area contributed by atoms with Gasteiger partial charge in [-0.2, -0.15) is 8.42 Å². The molecule has 5 N–H and O–H groups in total. The number of aliphatic imine (C=N–C) groups is 3. The van der Waals surface area contributed by atoms with E-state index < -0.39 is 127 Å². The maximum atomic E-state index is 15.7. The molecule has 39 heteroatoms. The van der Waals surface area contributed by atoms with E-state index in [9.17, 15) is 41.8 Å². The number of ether oxygens (including phenoxy) is 5. The van der Waals surface area contributed by atoms with E-state index in [-0.39, 0.29) is 111 Å². The number of carbonyl (C=O) groups excluding carboxylic acids is 3. The van der Waals surface area contributed by atoms with Gasteiger partial charge in [0.05, 0.1) is 83.5 Å². The zero-order chi connectivity index (χ0) is 93.8. The van der Waals surface area contributed by atoms with E-state index in [1.807, 2.05) is 13.8 Å². The van der Waals surface area contributed by atoms with Gasteiger partial charge in [-0.25, -0.2) is 45.7 Å². The van der Waals surface area contributed by atoms with Crippen LogP contribution in [0.2, 0.25) is 66.4 Å². The summed E-state index contributed by atoms with van der Waals surface area (Å²) in [6.45, 7) is 31.5. The number of amides is 2. The number of benzene rings is 4. The third-order valence-corrected chi connectivity index (χ3v) is 31.0. The first kappa shape index (κ1) is 107. The molecule has 7 aromatic rings. The second kappa shape index (κ2) is 42.5. The number of hydrogen-bond donors (Lipinski definition) is 4. The number of aliphatic hydroxyl groups excluding tert-OH is 2. The van der Waals surface area contributed by atoms with E-state index in [1.54, 1.807) is 85.7 Å². The Morgan fingerprint density at radius 3 is 1.23 bits per heavy atom. The maximum absolute atomic E-state index is 15.7. The van der Waals surface area contributed by atoms with Crippen LogP contribution in [0.3, 0.4) is 0 Å². The zero-order valence-electron chi connectivity index (χ0n) is 76.1. The fraction of sp³-hybridized carbons (Fsp3) is 0.433. The summed E-state index contributed by atoms with van der Waals surface area (Å²) >= 11 is 21.3. The zero-order valence-corrected chi connectivity index (χ0v) is 82.7. The SMILES string of the molecule is CC(C)(C)OC(=O)N(COCC[Si](C)(C)C)C1=N[C@](C)(c2cc(/C=C(\F)c3ccc(Cl)cn3)ccc2F)[C@@H]2C[C@]2(CO)S1.COC(=O)[C@]12C[C@H]1[C@@](C)(c1cc(/C=C(\F)c3ccc(Cl)cn3)ccc1F)N=C(N(COCC[Si](C)(C)C)C(=O)OC(C)(C)C)S2.C[C@]1(c2cc(/C=C(\F)c3ccc(Cl)cn3)ccc2F)N=C(N)S[C@@]2(CO)C[C@H]21.Cc1ccc(S(=O)(=O)O)cc1.[B].[H-].[Li+]. The first-order valence-corrected chi connectivity index (χ1v) is 53.1. The van der Waals surface area contributed by atoms with Crippen LogP contribution in [0.15, 0.2) is 154 Å². The molecule has 2 amide bonds. The topological polar surface area (TPSA) is 300 Å². The van der Waals surface area contributed by atoms with Crippen molar-refractivity contribution < 1.29 is 108 Å². The number of methoxy groups -OCH3 is 1. The Morgan fingerprint density at radius 2 is 0.907 bits per heavy atom. The number of pyridine rings is 3. The van der Waals surface area contributed by atoms with Crippen molar-refractivity contribution >= 4 is 174 Å². The molecule has 0 saturated heterocycles. The van der Waals surface area contributed by atoms with Crippen LogP contribution in [0.1, 0.15) is 139 Å². The number of esters is 1. The van der Waals surface area contributed by atoms with Crippen molar-refractivity contribution in [3.63, 3.8) is 0 Å². The van der Waals surface area contributed by atoms with E-state index in [0.29, 0.717) is 75.0 Å². The number of amidine groups is 3. The fourth-order valence-electron chi connectivity index (χ4n) is 14.6. The summed E-state index contributed by atoms with van der Waals surface area (Å²) in [6.07, 6.45) is 8.08. The molecule has 3 fully saturated rings. The van der Waals surface area contributed by atoms with Crippen molar-refractivity contribution in [2.24, 2.45) is 38.5 Å². The average molecular weight is 1950 g/mol. The molecule has 22 nitrogen and oxygen atoms in total. The van der Waals surface area contributed by atoms with Gasteiger partial charge in [-0.15, -0.1) is 0 Å². The largest absolute Gasteiger partial charge is 1.00 e. The average Bonchev–Trinajstić information content (AvgIpc) is 1.47. The van der Waals surface area contributed by atoms with Crippen LogP contribution in [0, 0.1) is 42.1 Å². The van der Waals surface area contributed by atoms with Crippen molar-refractivity contribution in [3.8, 4) is 0 Å². The van der Waals surface area contributed by atoms with Crippen molar-refractivity contribution in [1.82, 2.24) is 24.8 Å². The predicted molar refractivity (Wildman–Crippen MR) is 506 cm³/mol. The Balaban J connectivity index is 0.000000253. The predicted octanol–water partition coefficient (Wildman–Crippen LogP) is 18.4. The number of fused-ring (bicyclic) bond motifs is 3. The van der Waals surface area contributed by atoms with Crippen molar-refractivity contribution in [2.45, 2.75) is 187 Å². The molecular formula is C90H107BCl3F6LiN9O13S4Si2. The van der Waals surface area contributed by atoms with Crippen LogP contribution in [0.4, 0.5) is 35.9 Å². The third kappa shape index (κ3) is 27.1. The number of nitrogens with zero attached hydrogens (tertiary/aromatic N) is 8. The van der Waals surface area contributed by atoms with Gasteiger partial charge in [-0.3, -0.25) is 39.3 Å². The number of aliphatic hydroxyl groups is 2. The van der Waals surface area contributed by atoms with Gasteiger partial charge >= 0.3 is 37.0 Å². The second-order valence-corrected chi connectivity index (χ2v) is 54.8. The minimum Gasteiger partial charge on any atom is -1.00 e. The van der Waals surface area contributed by atoms with E-state index in [1.165, 1.54) is 162 Å². The van der Waals surface area contributed by atoms with Crippen LogP contribution >= 0.6 is 70.1 Å². The van der Waals surface area contributed by atoms with E-state index in [0.717, 1.165) is 29.4 Å². The Hall–Kier alpha value is -7.28. The Labute approximate surface area is 795 Å². The van der Waals surface area contributed by atoms with Gasteiger partial charge in [0.1, 0.15) is 64.3 Å². The molecule has 3 radical (unpaired) electrons. The first-order chi connectivity index (χ1) is 59.1. The Bertz CT molecular complexity index is 5570. The molecule has 3 aliphatic heterocycles. The number of rotatable bonds is 23. The van der Waals surface area contributed by atoms with Crippen molar-refractivity contribution in [2.75, 3.05) is 47.0 Å². The Morgan fingerprint density at radius 1 is 0.558 bits per heavy atom. The molecule has 0 bridgehead atoms. The fourth-order valence-corrected chi connectivity index (χ4v) is 21.4. The van der Waals surface area contributed by atoms with E-state index >= 15 is 17.6 Å². The summed E-state index contributed by atoms with van der Waals surface area (Å²) in [7, 11) is -5.53. The first-order valence-electron chi connectivity index (χ1n) is 40.6. The molecule has 3 saturated carbocycles. The van der Waals surface area contributed by atoms with Gasteiger partial charge in [-0.05, 0) is 220 Å². The number of hydrogen-bond acceptors (Lipinski definition) is 22. The molecule has 6 aliphatic rings. The molecule has 129 heavy (non-hydrogen) atoms. The molecule has 689 valence electrons. The van der Waals surface area contributed by atoms with Crippen molar-refractivity contribution in [3.05, 3.63) is 222 Å². The summed E-state index contributed by atoms with van der Waals surface area (Å²) in [6, 6.07) is 29.6. The quantitative estimate of drug-likeness (QED) is 0.00880. The normalized spacial score (nSPS) is 23.3. The van der Waals surface area contributed by atoms with Crippen LogP contribution in [-0.2, 0) is 55.2 Å². The van der Waals surface area contributed by atoms with Gasteiger partial charge < -0.3 is 41.1 Å². The standard InChI is InChI=1S/C32H40ClF2N3O5SSi.C31H40ClF2N3O4SSi.C20H18ClF2N3OS.C7H8O3S.B.Li.H/c1-30(2,3)43-29(40)38(19-42-13-14-45(6,7)8)28-37-31(4,26-17-32(26,44-28)27(39)41-5)22-15-20(9-11-23(22)34)16-24(35)25-12-10-21(33)18-36-25;1-29(2,3)41-28(39)37(19-40-12-13-43(5,6)7)27-36-30(4,26-16-31(26,18-38)42-27)22-14-20(8-10-23(22)33)15-24(34)25-11-9-21(32)17-35-25;1-19(17-8-20(17,10-27)28-18(24)26-19)13-6-11(2-4-14(13)22)7-15(23)16-5-3-12(21)9-25-16;1-6-2-4-7(5-3-6)11(8,9)10;;;/h9-12,15-16,18,26H,13-14,17,19H2,1-8H3;8-11,14-15,17,26,38H,12-13,16,18-19H2,1-7H3;2-7,9,17,27H,8,10H2,1H3,(H2,24,26);2-5H,1H3,(H,8,9,10);;;/q;;;;;+1;-1/b24-16-;24-15-;15-7-;;;;/t26-,31+,32-;26-,30+,31+;17-,19+,20+;;;;/m000..../s1. The number of nitrogens with two attached hydrogens (primary N) is 1. The summed E-state index contributed by atoms with van der Waals surface area (Å²) in [5, 5.41) is 22.2. The summed E-state index contributed by atoms with van der Waals surface area (Å²) in [5.41, 5.74) is 4.20. The van der Waals surface area contributed by atoms with E-state index in [2.05, 4.69) is 59.2 Å². The monoisotopic (exact) mass is 1940 g/mol. The third-order valence-electron chi connectivity index (χ3n) is 21.8. The van der Waals surface area contributed by atoms with Gasteiger partial charge in [0, 0.05) is 90.8 Å². The second-order valence-electron chi connectivity index (χ2n) is 36.7. The van der Waals surface area contributed by atoms with E-state index in [4.69, 9.17) is 78.8 Å². The number of aromatic nitrogens is 3. The molecule has 4 aromatic carbocycles. The molecule has 3 aromatic heterocycles. The summed E-state index contributed by atoms with van der Waals surface area (Å²) in [4.78, 5) is 69.1. The molecule has 6 heterocycles. The Kier molecular flexibility index (Phi) is 35.3. The van der Waals surface area contributed by atoms with Gasteiger partial charge in [0.2, 0.25) is 0 Å². The van der Waals surface area contributed by atoms with Crippen molar-refractivity contribution in [1.29, 1.82) is 0 Å². The molecule has 13 rings (SSSR count). The van der Waals surface area contributed by atoms with Gasteiger partial charge in [0.25, 0.3) is 10.1 Å². The minimum absolute atomic E-state index is 0. The molecule has 0 spiro atoms. The minimum atomic E-state index is -4.02. The molecule has 3 aliphatic carbocycles. The number of halogens is 9. The smallest absolute Gasteiger partial charge is 1.00 e. The van der Waals surface area contributed by atoms with Gasteiger partial charge in [0.15, 0.2) is 15.5 Å². The van der Waals surface area contributed by atoms with Crippen LogP contribution in [0.25, 0.3) is 35.7 Å². The van der Waals surface area contributed by atoms with Crippen LogP contribution in [-0.4, -0.2) is 179 Å². The molecule has 9 atom stereocenters. The molecular weight excluding hydrogens is 1840 g/mol. The number of carbonyl (C=O) groups is 3.